The van der Waals surface area contributed by atoms with E-state index in [1.54, 1.807) is 0 Å². The molecule has 0 amide bonds. The maximum absolute atomic E-state index is 6.05. The molecule has 0 aliphatic carbocycles. The van der Waals surface area contributed by atoms with Gasteiger partial charge in [0.25, 0.3) is 0 Å². The Bertz CT molecular complexity index is 629. The molecule has 1 aromatic carbocycles. The minimum atomic E-state index is 0.555. The zero-order valence-electron chi connectivity index (χ0n) is 12.5. The summed E-state index contributed by atoms with van der Waals surface area (Å²) < 4.78 is 0.851. The van der Waals surface area contributed by atoms with E-state index < -0.39 is 0 Å². The fraction of sp³-hybridized carbons (Fsp3) is 0.375. The number of nitrogens with one attached hydrogen (secondary N) is 1. The van der Waals surface area contributed by atoms with Gasteiger partial charge in [-0.2, -0.15) is 0 Å². The van der Waals surface area contributed by atoms with E-state index in [0.29, 0.717) is 10.9 Å². The molecule has 1 heterocycles. The maximum Gasteiger partial charge on any atom is 0.161 e. The highest BCUT2D eigenvalue weighted by Crippen LogP contribution is 2.28. The molecule has 5 heteroatoms. The fourth-order valence-electron chi connectivity index (χ4n) is 2.06. The van der Waals surface area contributed by atoms with Gasteiger partial charge in [0.2, 0.25) is 0 Å². The number of rotatable bonds is 5. The summed E-state index contributed by atoms with van der Waals surface area (Å²) in [5.74, 6) is 2.14. The van der Waals surface area contributed by atoms with Crippen LogP contribution in [0.3, 0.4) is 0 Å². The summed E-state index contributed by atoms with van der Waals surface area (Å²) >= 11 is 9.50. The van der Waals surface area contributed by atoms with Crippen molar-refractivity contribution >= 4 is 33.3 Å². The standard InChI is InChI=1S/C16H19BrClN3/c1-4-19-15-9-12(7-10(2)3)20-16(21-15)11-5-6-14(18)13(17)8-11/h5-6,8-10H,4,7H2,1-3H3,(H,19,20,21). The van der Waals surface area contributed by atoms with Crippen LogP contribution in [0.1, 0.15) is 26.5 Å². The summed E-state index contributed by atoms with van der Waals surface area (Å²) in [6, 6.07) is 7.77. The molecule has 0 radical (unpaired) electrons. The van der Waals surface area contributed by atoms with E-state index in [0.717, 1.165) is 40.3 Å². The minimum absolute atomic E-state index is 0.555. The molecule has 1 N–H and O–H groups in total. The van der Waals surface area contributed by atoms with Crippen LogP contribution in [-0.2, 0) is 6.42 Å². The topological polar surface area (TPSA) is 37.8 Å². The molecule has 0 spiro atoms. The molecular formula is C16H19BrClN3. The average Bonchev–Trinajstić information content (AvgIpc) is 2.41. The van der Waals surface area contributed by atoms with Crippen molar-refractivity contribution in [3.63, 3.8) is 0 Å². The van der Waals surface area contributed by atoms with Crippen molar-refractivity contribution in [2.75, 3.05) is 11.9 Å². The lowest BCUT2D eigenvalue weighted by atomic mass is 10.1. The van der Waals surface area contributed by atoms with Gasteiger partial charge in [0, 0.05) is 28.3 Å². The Morgan fingerprint density at radius 2 is 2.00 bits per heavy atom. The van der Waals surface area contributed by atoms with Crippen LogP contribution in [0.4, 0.5) is 5.82 Å². The van der Waals surface area contributed by atoms with E-state index in [1.807, 2.05) is 24.3 Å². The molecule has 0 aliphatic heterocycles. The largest absolute Gasteiger partial charge is 0.370 e. The molecule has 1 aromatic heterocycles. The number of anilines is 1. The summed E-state index contributed by atoms with van der Waals surface area (Å²) in [4.78, 5) is 9.27. The van der Waals surface area contributed by atoms with Gasteiger partial charge in [-0.3, -0.25) is 0 Å². The molecule has 21 heavy (non-hydrogen) atoms. The Hall–Kier alpha value is -1.13. The second-order valence-corrected chi connectivity index (χ2v) is 6.59. The van der Waals surface area contributed by atoms with E-state index in [4.69, 9.17) is 11.6 Å². The lowest BCUT2D eigenvalue weighted by Gasteiger charge is -2.11. The van der Waals surface area contributed by atoms with E-state index >= 15 is 0 Å². The van der Waals surface area contributed by atoms with Crippen LogP contribution >= 0.6 is 27.5 Å². The third-order valence-electron chi connectivity index (χ3n) is 2.93. The van der Waals surface area contributed by atoms with E-state index in [-0.39, 0.29) is 0 Å². The predicted molar refractivity (Wildman–Crippen MR) is 92.9 cm³/mol. The Labute approximate surface area is 139 Å². The van der Waals surface area contributed by atoms with E-state index in [9.17, 15) is 0 Å². The highest BCUT2D eigenvalue weighted by molar-refractivity contribution is 9.10. The Balaban J connectivity index is 2.45. The minimum Gasteiger partial charge on any atom is -0.370 e. The molecule has 0 aliphatic rings. The lowest BCUT2D eigenvalue weighted by molar-refractivity contribution is 0.635. The normalized spacial score (nSPS) is 11.0. The van der Waals surface area contributed by atoms with Gasteiger partial charge in [0.15, 0.2) is 5.82 Å². The monoisotopic (exact) mass is 367 g/mol. The second-order valence-electron chi connectivity index (χ2n) is 5.33. The first-order valence-electron chi connectivity index (χ1n) is 7.06. The van der Waals surface area contributed by atoms with Gasteiger partial charge in [0.1, 0.15) is 5.82 Å². The summed E-state index contributed by atoms with van der Waals surface area (Å²) in [6.07, 6.45) is 0.933. The summed E-state index contributed by atoms with van der Waals surface area (Å²) in [6.45, 7) is 7.27. The van der Waals surface area contributed by atoms with Crippen molar-refractivity contribution in [2.45, 2.75) is 27.2 Å². The molecule has 0 saturated carbocycles. The molecular weight excluding hydrogens is 350 g/mol. The van der Waals surface area contributed by atoms with Gasteiger partial charge in [-0.1, -0.05) is 25.4 Å². The first-order chi connectivity index (χ1) is 9.99. The van der Waals surface area contributed by atoms with Crippen molar-refractivity contribution in [3.05, 3.63) is 39.5 Å². The van der Waals surface area contributed by atoms with Crippen molar-refractivity contribution in [1.29, 1.82) is 0 Å². The number of benzene rings is 1. The van der Waals surface area contributed by atoms with Gasteiger partial charge < -0.3 is 5.32 Å². The molecule has 2 rings (SSSR count). The van der Waals surface area contributed by atoms with Crippen LogP contribution in [0.15, 0.2) is 28.7 Å². The third-order valence-corrected chi connectivity index (χ3v) is 4.15. The highest BCUT2D eigenvalue weighted by Gasteiger charge is 2.09. The predicted octanol–water partition coefficient (Wildman–Crippen LogP) is 5.19. The number of aromatic nitrogens is 2. The SMILES string of the molecule is CCNc1cc(CC(C)C)nc(-c2ccc(Cl)c(Br)c2)n1. The van der Waals surface area contributed by atoms with Crippen molar-refractivity contribution in [2.24, 2.45) is 5.92 Å². The molecule has 0 atom stereocenters. The van der Waals surface area contributed by atoms with E-state index in [2.05, 4.69) is 52.0 Å². The van der Waals surface area contributed by atoms with Crippen LogP contribution in [0.2, 0.25) is 5.02 Å². The molecule has 2 aromatic rings. The fourth-order valence-corrected chi connectivity index (χ4v) is 2.55. The van der Waals surface area contributed by atoms with Crippen molar-refractivity contribution in [3.8, 4) is 11.4 Å². The molecule has 112 valence electrons. The van der Waals surface area contributed by atoms with Crippen molar-refractivity contribution < 1.29 is 0 Å². The van der Waals surface area contributed by atoms with Gasteiger partial charge in [0.05, 0.1) is 5.02 Å². The zero-order chi connectivity index (χ0) is 15.4. The molecule has 0 fully saturated rings. The Morgan fingerprint density at radius 3 is 2.62 bits per heavy atom. The lowest BCUT2D eigenvalue weighted by Crippen LogP contribution is -2.06. The summed E-state index contributed by atoms with van der Waals surface area (Å²) in [5, 5.41) is 3.95. The Kier molecular flexibility index (Phi) is 5.59. The molecule has 3 nitrogen and oxygen atoms in total. The molecule has 0 bridgehead atoms. The maximum atomic E-state index is 6.05. The van der Waals surface area contributed by atoms with Gasteiger partial charge in [-0.25, -0.2) is 9.97 Å². The van der Waals surface area contributed by atoms with E-state index in [1.165, 1.54) is 0 Å². The third kappa shape index (κ3) is 4.42. The highest BCUT2D eigenvalue weighted by atomic mass is 79.9. The van der Waals surface area contributed by atoms with Crippen LogP contribution in [0.25, 0.3) is 11.4 Å². The first kappa shape index (κ1) is 16.2. The Morgan fingerprint density at radius 1 is 1.24 bits per heavy atom. The number of hydrogen-bond donors (Lipinski definition) is 1. The molecule has 0 saturated heterocycles. The second kappa shape index (κ2) is 7.23. The average molecular weight is 369 g/mol. The van der Waals surface area contributed by atoms with Crippen LogP contribution in [0, 0.1) is 5.92 Å². The number of halogens is 2. The first-order valence-corrected chi connectivity index (χ1v) is 8.24. The zero-order valence-corrected chi connectivity index (χ0v) is 14.8. The van der Waals surface area contributed by atoms with Crippen LogP contribution < -0.4 is 5.32 Å². The summed E-state index contributed by atoms with van der Waals surface area (Å²) in [5.41, 5.74) is 2.01. The van der Waals surface area contributed by atoms with Gasteiger partial charge in [-0.05, 0) is 53.4 Å². The summed E-state index contributed by atoms with van der Waals surface area (Å²) in [7, 11) is 0. The van der Waals surface area contributed by atoms with Gasteiger partial charge in [-0.15, -0.1) is 0 Å². The van der Waals surface area contributed by atoms with Gasteiger partial charge >= 0.3 is 0 Å². The molecule has 0 unspecified atom stereocenters. The van der Waals surface area contributed by atoms with Crippen LogP contribution in [-0.4, -0.2) is 16.5 Å². The number of hydrogen-bond acceptors (Lipinski definition) is 3. The number of nitrogens with zero attached hydrogens (tertiary/aromatic N) is 2. The van der Waals surface area contributed by atoms with Crippen molar-refractivity contribution in [1.82, 2.24) is 9.97 Å². The smallest absolute Gasteiger partial charge is 0.161 e. The quantitative estimate of drug-likeness (QED) is 0.789. The van der Waals surface area contributed by atoms with Crippen LogP contribution in [0.5, 0.6) is 0 Å².